The largest absolute Gasteiger partial charge is 0.497 e. The van der Waals surface area contributed by atoms with E-state index < -0.39 is 6.10 Å². The van der Waals surface area contributed by atoms with Crippen LogP contribution in [0.3, 0.4) is 0 Å². The lowest BCUT2D eigenvalue weighted by molar-refractivity contribution is 0.116. The van der Waals surface area contributed by atoms with E-state index in [4.69, 9.17) is 4.74 Å². The maximum Gasteiger partial charge on any atom is 0.118 e. The van der Waals surface area contributed by atoms with Crippen molar-refractivity contribution in [3.05, 3.63) is 59.9 Å². The number of likely N-dealkylation sites (N-methyl/N-ethyl adjacent to an activating group) is 1. The van der Waals surface area contributed by atoms with Crippen molar-refractivity contribution in [1.29, 1.82) is 0 Å². The Balaban J connectivity index is 1.88. The molecule has 2 rings (SSSR count). The van der Waals surface area contributed by atoms with Gasteiger partial charge in [0.15, 0.2) is 0 Å². The first kappa shape index (κ1) is 16.5. The molecule has 118 valence electrons. The van der Waals surface area contributed by atoms with Crippen molar-refractivity contribution < 1.29 is 9.84 Å². The van der Waals surface area contributed by atoms with Gasteiger partial charge < -0.3 is 14.7 Å². The number of benzene rings is 1. The zero-order chi connectivity index (χ0) is 15.8. The van der Waals surface area contributed by atoms with Gasteiger partial charge in [-0.25, -0.2) is 0 Å². The highest BCUT2D eigenvalue weighted by Gasteiger charge is 2.12. The van der Waals surface area contributed by atoms with Crippen LogP contribution in [-0.4, -0.2) is 41.7 Å². The lowest BCUT2D eigenvalue weighted by Gasteiger charge is -2.24. The molecule has 0 aliphatic rings. The molecule has 0 aliphatic heterocycles. The molecule has 0 fully saturated rings. The topological polar surface area (TPSA) is 45.6 Å². The van der Waals surface area contributed by atoms with E-state index >= 15 is 0 Å². The summed E-state index contributed by atoms with van der Waals surface area (Å²) >= 11 is 0. The van der Waals surface area contributed by atoms with Gasteiger partial charge in [0, 0.05) is 25.5 Å². The third kappa shape index (κ3) is 4.83. The second-order valence-corrected chi connectivity index (χ2v) is 5.29. The normalized spacial score (nSPS) is 12.4. The number of ether oxygens (including phenoxy) is 1. The van der Waals surface area contributed by atoms with Gasteiger partial charge >= 0.3 is 0 Å². The molecule has 0 saturated heterocycles. The van der Waals surface area contributed by atoms with Crippen LogP contribution in [0.25, 0.3) is 0 Å². The number of methoxy groups -OCH3 is 1. The van der Waals surface area contributed by atoms with Crippen molar-refractivity contribution in [3.63, 3.8) is 0 Å². The van der Waals surface area contributed by atoms with Crippen LogP contribution in [0.5, 0.6) is 5.75 Å². The number of aromatic nitrogens is 1. The van der Waals surface area contributed by atoms with Gasteiger partial charge in [0.25, 0.3) is 0 Å². The highest BCUT2D eigenvalue weighted by molar-refractivity contribution is 5.28. The number of hydrogen-bond donors (Lipinski definition) is 1. The van der Waals surface area contributed by atoms with Gasteiger partial charge in [-0.15, -0.1) is 0 Å². The SMILES string of the molecule is CCN(CCc1ccncc1)CC(O)c1ccc(OC)cc1. The summed E-state index contributed by atoms with van der Waals surface area (Å²) in [5, 5.41) is 10.4. The van der Waals surface area contributed by atoms with Gasteiger partial charge in [-0.1, -0.05) is 19.1 Å². The Bertz CT molecular complexity index is 543. The molecule has 1 unspecified atom stereocenters. The minimum absolute atomic E-state index is 0.483. The number of pyridine rings is 1. The van der Waals surface area contributed by atoms with E-state index in [1.165, 1.54) is 5.56 Å². The molecule has 1 heterocycles. The summed E-state index contributed by atoms with van der Waals surface area (Å²) in [4.78, 5) is 6.29. The van der Waals surface area contributed by atoms with E-state index in [1.807, 2.05) is 48.8 Å². The Morgan fingerprint density at radius 2 is 1.82 bits per heavy atom. The van der Waals surface area contributed by atoms with Crippen molar-refractivity contribution in [3.8, 4) is 5.75 Å². The predicted molar refractivity (Wildman–Crippen MR) is 88.0 cm³/mol. The summed E-state index contributed by atoms with van der Waals surface area (Å²) in [5.41, 5.74) is 2.19. The summed E-state index contributed by atoms with van der Waals surface area (Å²) in [7, 11) is 1.64. The molecule has 1 atom stereocenters. The Labute approximate surface area is 132 Å². The molecule has 0 bridgehead atoms. The molecule has 22 heavy (non-hydrogen) atoms. The Kier molecular flexibility index (Phi) is 6.37. The van der Waals surface area contributed by atoms with Crippen LogP contribution in [0.4, 0.5) is 0 Å². The van der Waals surface area contributed by atoms with Crippen LogP contribution in [0.2, 0.25) is 0 Å². The van der Waals surface area contributed by atoms with E-state index in [9.17, 15) is 5.11 Å². The molecule has 1 aromatic carbocycles. The molecule has 0 amide bonds. The van der Waals surface area contributed by atoms with E-state index in [-0.39, 0.29) is 0 Å². The molecule has 0 radical (unpaired) electrons. The van der Waals surface area contributed by atoms with Crippen LogP contribution in [0.1, 0.15) is 24.2 Å². The Morgan fingerprint density at radius 3 is 2.41 bits per heavy atom. The standard InChI is InChI=1S/C18H24N2O2/c1-3-20(13-10-15-8-11-19-12-9-15)14-18(21)16-4-6-17(22-2)7-5-16/h4-9,11-12,18,21H,3,10,13-14H2,1-2H3. The number of aliphatic hydroxyl groups excluding tert-OH is 1. The molecule has 2 aromatic rings. The van der Waals surface area contributed by atoms with Crippen molar-refractivity contribution in [2.45, 2.75) is 19.4 Å². The van der Waals surface area contributed by atoms with Gasteiger partial charge in [-0.05, 0) is 48.4 Å². The van der Waals surface area contributed by atoms with Crippen molar-refractivity contribution in [2.24, 2.45) is 0 Å². The zero-order valence-corrected chi connectivity index (χ0v) is 13.3. The molecule has 1 aromatic heterocycles. The van der Waals surface area contributed by atoms with Gasteiger partial charge in [0.05, 0.1) is 13.2 Å². The minimum Gasteiger partial charge on any atom is -0.497 e. The molecular formula is C18H24N2O2. The van der Waals surface area contributed by atoms with E-state index in [2.05, 4.69) is 16.8 Å². The summed E-state index contributed by atoms with van der Waals surface area (Å²) in [6.07, 6.45) is 4.12. The Hall–Kier alpha value is -1.91. The van der Waals surface area contributed by atoms with Crippen LogP contribution in [0.15, 0.2) is 48.8 Å². The fraction of sp³-hybridized carbons (Fsp3) is 0.389. The van der Waals surface area contributed by atoms with E-state index in [1.54, 1.807) is 7.11 Å². The maximum atomic E-state index is 10.4. The molecule has 0 spiro atoms. The smallest absolute Gasteiger partial charge is 0.118 e. The molecule has 4 heteroatoms. The Morgan fingerprint density at radius 1 is 1.14 bits per heavy atom. The number of hydrogen-bond acceptors (Lipinski definition) is 4. The summed E-state index contributed by atoms with van der Waals surface area (Å²) in [5.74, 6) is 0.806. The third-order valence-corrected chi connectivity index (χ3v) is 3.84. The van der Waals surface area contributed by atoms with Gasteiger partial charge in [0.1, 0.15) is 5.75 Å². The monoisotopic (exact) mass is 300 g/mol. The quantitative estimate of drug-likeness (QED) is 0.814. The lowest BCUT2D eigenvalue weighted by atomic mass is 10.1. The fourth-order valence-corrected chi connectivity index (χ4v) is 2.39. The number of aliphatic hydroxyl groups is 1. The first-order chi connectivity index (χ1) is 10.7. The first-order valence-electron chi connectivity index (χ1n) is 7.66. The van der Waals surface area contributed by atoms with Crippen LogP contribution >= 0.6 is 0 Å². The summed E-state index contributed by atoms with van der Waals surface area (Å²) in [6.45, 7) is 4.59. The zero-order valence-electron chi connectivity index (χ0n) is 13.3. The molecule has 4 nitrogen and oxygen atoms in total. The minimum atomic E-state index is -0.483. The highest BCUT2D eigenvalue weighted by Crippen LogP contribution is 2.18. The van der Waals surface area contributed by atoms with Gasteiger partial charge in [0.2, 0.25) is 0 Å². The second kappa shape index (κ2) is 8.51. The number of rotatable bonds is 8. The van der Waals surface area contributed by atoms with Crippen molar-refractivity contribution in [1.82, 2.24) is 9.88 Å². The van der Waals surface area contributed by atoms with Crippen LogP contribution in [-0.2, 0) is 6.42 Å². The maximum absolute atomic E-state index is 10.4. The molecular weight excluding hydrogens is 276 g/mol. The first-order valence-corrected chi connectivity index (χ1v) is 7.66. The summed E-state index contributed by atoms with van der Waals surface area (Å²) in [6, 6.07) is 11.7. The summed E-state index contributed by atoms with van der Waals surface area (Å²) < 4.78 is 5.14. The lowest BCUT2D eigenvalue weighted by Crippen LogP contribution is -2.30. The average molecular weight is 300 g/mol. The van der Waals surface area contributed by atoms with E-state index in [0.29, 0.717) is 6.54 Å². The van der Waals surface area contributed by atoms with Crippen molar-refractivity contribution in [2.75, 3.05) is 26.7 Å². The van der Waals surface area contributed by atoms with Gasteiger partial charge in [-0.2, -0.15) is 0 Å². The molecule has 1 N–H and O–H groups in total. The second-order valence-electron chi connectivity index (χ2n) is 5.29. The van der Waals surface area contributed by atoms with Crippen LogP contribution in [0, 0.1) is 0 Å². The predicted octanol–water partition coefficient (Wildman–Crippen LogP) is 2.69. The van der Waals surface area contributed by atoms with Crippen molar-refractivity contribution >= 4 is 0 Å². The van der Waals surface area contributed by atoms with Gasteiger partial charge in [-0.3, -0.25) is 4.98 Å². The average Bonchev–Trinajstić information content (AvgIpc) is 2.59. The molecule has 0 saturated carbocycles. The fourth-order valence-electron chi connectivity index (χ4n) is 2.39. The highest BCUT2D eigenvalue weighted by atomic mass is 16.5. The van der Waals surface area contributed by atoms with E-state index in [0.717, 1.165) is 30.8 Å². The third-order valence-electron chi connectivity index (χ3n) is 3.84. The molecule has 0 aliphatic carbocycles. The number of nitrogens with zero attached hydrogens (tertiary/aromatic N) is 2. The van der Waals surface area contributed by atoms with Crippen LogP contribution < -0.4 is 4.74 Å².